The number of nitrogens with zero attached hydrogens (tertiary/aromatic N) is 3. The number of carbonyl (C=O) groups excluding carboxylic acids is 1. The first-order chi connectivity index (χ1) is 9.86. The molecule has 0 aliphatic carbocycles. The van der Waals surface area contributed by atoms with E-state index < -0.39 is 0 Å². The summed E-state index contributed by atoms with van der Waals surface area (Å²) in [5.74, 6) is 0.214. The number of piperazine rings is 1. The highest BCUT2D eigenvalue weighted by Gasteiger charge is 2.20. The molecule has 1 saturated heterocycles. The third kappa shape index (κ3) is 5.50. The van der Waals surface area contributed by atoms with Gasteiger partial charge < -0.3 is 10.2 Å². The number of rotatable bonds is 4. The van der Waals surface area contributed by atoms with Crippen molar-refractivity contribution in [2.24, 2.45) is 0 Å². The molecule has 2 rings (SSSR count). The van der Waals surface area contributed by atoms with Crippen LogP contribution in [0.2, 0.25) is 0 Å². The summed E-state index contributed by atoms with van der Waals surface area (Å²) < 4.78 is 0. The van der Waals surface area contributed by atoms with Crippen LogP contribution in [0.5, 0.6) is 0 Å². The van der Waals surface area contributed by atoms with E-state index in [1.165, 1.54) is 4.88 Å². The molecule has 22 heavy (non-hydrogen) atoms. The third-order valence-electron chi connectivity index (χ3n) is 3.57. The van der Waals surface area contributed by atoms with Gasteiger partial charge in [-0.2, -0.15) is 0 Å². The summed E-state index contributed by atoms with van der Waals surface area (Å²) >= 11 is 1.74. The molecule has 1 fully saturated rings. The van der Waals surface area contributed by atoms with Crippen LogP contribution in [0.15, 0.2) is 6.20 Å². The maximum Gasteiger partial charge on any atom is 0.236 e. The van der Waals surface area contributed by atoms with Gasteiger partial charge in [0.15, 0.2) is 0 Å². The van der Waals surface area contributed by atoms with E-state index in [1.807, 2.05) is 18.1 Å². The molecular formula is C15H27ClN4OS. The van der Waals surface area contributed by atoms with Crippen LogP contribution in [-0.4, -0.2) is 60.5 Å². The summed E-state index contributed by atoms with van der Waals surface area (Å²) in [5.41, 5.74) is 0.144. The fourth-order valence-corrected chi connectivity index (χ4v) is 3.32. The van der Waals surface area contributed by atoms with Crippen LogP contribution in [0.4, 0.5) is 0 Å². The number of halogens is 1. The first-order valence-electron chi connectivity index (χ1n) is 7.48. The van der Waals surface area contributed by atoms with Crippen molar-refractivity contribution in [2.45, 2.75) is 32.7 Å². The molecular weight excluding hydrogens is 320 g/mol. The predicted octanol–water partition coefficient (Wildman–Crippen LogP) is 1.73. The Morgan fingerprint density at radius 1 is 1.41 bits per heavy atom. The molecule has 2 heterocycles. The van der Waals surface area contributed by atoms with Crippen molar-refractivity contribution in [1.82, 2.24) is 20.1 Å². The number of nitrogens with one attached hydrogen (secondary N) is 1. The predicted molar refractivity (Wildman–Crippen MR) is 93.8 cm³/mol. The van der Waals surface area contributed by atoms with E-state index >= 15 is 0 Å². The highest BCUT2D eigenvalue weighted by atomic mass is 35.5. The topological polar surface area (TPSA) is 48.5 Å². The number of hydrogen-bond donors (Lipinski definition) is 1. The molecule has 1 amide bonds. The van der Waals surface area contributed by atoms with Crippen LogP contribution in [0.1, 0.15) is 30.7 Å². The summed E-state index contributed by atoms with van der Waals surface area (Å²) in [6.07, 6.45) is 1.96. The number of aromatic nitrogens is 1. The Kier molecular flexibility index (Phi) is 7.25. The van der Waals surface area contributed by atoms with E-state index in [1.54, 1.807) is 11.3 Å². The standard InChI is InChI=1S/C15H26N4OS.ClH/c1-15(2,3)12-9-17-13(21-12)10-18(4)11-14(20)19-7-5-16-6-8-19;/h9,16H,5-8,10-11H2,1-4H3;1H. The highest BCUT2D eigenvalue weighted by Crippen LogP contribution is 2.28. The van der Waals surface area contributed by atoms with Crippen molar-refractivity contribution in [3.8, 4) is 0 Å². The molecule has 0 aromatic carbocycles. The lowest BCUT2D eigenvalue weighted by Crippen LogP contribution is -2.49. The number of thiazole rings is 1. The van der Waals surface area contributed by atoms with Crippen molar-refractivity contribution in [1.29, 1.82) is 0 Å². The molecule has 126 valence electrons. The quantitative estimate of drug-likeness (QED) is 0.902. The van der Waals surface area contributed by atoms with Gasteiger partial charge in [-0.3, -0.25) is 9.69 Å². The molecule has 0 unspecified atom stereocenters. The zero-order valence-electron chi connectivity index (χ0n) is 13.9. The van der Waals surface area contributed by atoms with Crippen LogP contribution in [0.3, 0.4) is 0 Å². The molecule has 1 aromatic heterocycles. The molecule has 0 bridgehead atoms. The lowest BCUT2D eigenvalue weighted by atomic mass is 9.96. The number of likely N-dealkylation sites (N-methyl/N-ethyl adjacent to an activating group) is 1. The SMILES string of the molecule is CN(CC(=O)N1CCNCC1)Cc1ncc(C(C)(C)C)s1.Cl. The van der Waals surface area contributed by atoms with E-state index in [0.717, 1.165) is 37.7 Å². The first kappa shape index (κ1) is 19.4. The van der Waals surface area contributed by atoms with Crippen molar-refractivity contribution < 1.29 is 4.79 Å². The minimum atomic E-state index is 0. The molecule has 5 nitrogen and oxygen atoms in total. The fourth-order valence-electron chi connectivity index (χ4n) is 2.26. The average Bonchev–Trinajstić information content (AvgIpc) is 2.88. The molecule has 1 aliphatic rings. The van der Waals surface area contributed by atoms with Crippen molar-refractivity contribution >= 4 is 29.7 Å². The van der Waals surface area contributed by atoms with E-state index in [0.29, 0.717) is 6.54 Å². The summed E-state index contributed by atoms with van der Waals surface area (Å²) in [7, 11) is 1.98. The van der Waals surface area contributed by atoms with Gasteiger partial charge in [0, 0.05) is 37.3 Å². The van der Waals surface area contributed by atoms with Crippen molar-refractivity contribution in [3.05, 3.63) is 16.1 Å². The Bertz CT molecular complexity index is 480. The minimum Gasteiger partial charge on any atom is -0.339 e. The maximum atomic E-state index is 12.2. The van der Waals surface area contributed by atoms with Gasteiger partial charge in [-0.15, -0.1) is 23.7 Å². The van der Waals surface area contributed by atoms with Gasteiger partial charge in [-0.25, -0.2) is 4.98 Å². The third-order valence-corrected chi connectivity index (χ3v) is 4.98. The number of amides is 1. The lowest BCUT2D eigenvalue weighted by Gasteiger charge is -2.29. The highest BCUT2D eigenvalue weighted by molar-refractivity contribution is 7.11. The van der Waals surface area contributed by atoms with Crippen LogP contribution in [-0.2, 0) is 16.8 Å². The van der Waals surface area contributed by atoms with Crippen molar-refractivity contribution in [3.63, 3.8) is 0 Å². The number of carbonyl (C=O) groups is 1. The summed E-state index contributed by atoms with van der Waals surface area (Å²) in [5, 5.41) is 4.34. The van der Waals surface area contributed by atoms with Crippen molar-refractivity contribution in [2.75, 3.05) is 39.8 Å². The molecule has 7 heteroatoms. The van der Waals surface area contributed by atoms with Gasteiger partial charge in [0.05, 0.1) is 13.1 Å². The van der Waals surface area contributed by atoms with Crippen LogP contribution in [0.25, 0.3) is 0 Å². The molecule has 0 atom stereocenters. The smallest absolute Gasteiger partial charge is 0.236 e. The maximum absolute atomic E-state index is 12.2. The van der Waals surface area contributed by atoms with E-state index in [4.69, 9.17) is 0 Å². The van der Waals surface area contributed by atoms with E-state index in [2.05, 4.69) is 36.0 Å². The Morgan fingerprint density at radius 3 is 2.59 bits per heavy atom. The second-order valence-corrected chi connectivity index (χ2v) is 7.79. The Labute approximate surface area is 143 Å². The summed E-state index contributed by atoms with van der Waals surface area (Å²) in [6.45, 7) is 11.2. The van der Waals surface area contributed by atoms with Gasteiger partial charge in [0.1, 0.15) is 5.01 Å². The average molecular weight is 347 g/mol. The lowest BCUT2D eigenvalue weighted by molar-refractivity contribution is -0.132. The monoisotopic (exact) mass is 346 g/mol. The normalized spacial score (nSPS) is 15.8. The Hall–Kier alpha value is -0.690. The van der Waals surface area contributed by atoms with Gasteiger partial charge in [-0.05, 0) is 12.5 Å². The fraction of sp³-hybridized carbons (Fsp3) is 0.733. The molecule has 1 aliphatic heterocycles. The van der Waals surface area contributed by atoms with E-state index in [-0.39, 0.29) is 23.7 Å². The number of hydrogen-bond acceptors (Lipinski definition) is 5. The zero-order chi connectivity index (χ0) is 15.5. The molecule has 0 radical (unpaired) electrons. The first-order valence-corrected chi connectivity index (χ1v) is 8.30. The van der Waals surface area contributed by atoms with Crippen LogP contribution >= 0.6 is 23.7 Å². The van der Waals surface area contributed by atoms with Crippen LogP contribution in [0, 0.1) is 0 Å². The second-order valence-electron chi connectivity index (χ2n) is 6.67. The van der Waals surface area contributed by atoms with Gasteiger partial charge in [0.2, 0.25) is 5.91 Å². The van der Waals surface area contributed by atoms with Crippen LogP contribution < -0.4 is 5.32 Å². The summed E-state index contributed by atoms with van der Waals surface area (Å²) in [6, 6.07) is 0. The zero-order valence-corrected chi connectivity index (χ0v) is 15.5. The molecule has 0 saturated carbocycles. The summed E-state index contributed by atoms with van der Waals surface area (Å²) in [4.78, 5) is 22.0. The largest absolute Gasteiger partial charge is 0.339 e. The second kappa shape index (κ2) is 8.24. The van der Waals surface area contributed by atoms with Gasteiger partial charge in [0.25, 0.3) is 0 Å². The Morgan fingerprint density at radius 2 is 2.05 bits per heavy atom. The molecule has 1 N–H and O–H groups in total. The molecule has 0 spiro atoms. The molecule has 1 aromatic rings. The van der Waals surface area contributed by atoms with Gasteiger partial charge >= 0.3 is 0 Å². The van der Waals surface area contributed by atoms with E-state index in [9.17, 15) is 4.79 Å². The Balaban J connectivity index is 0.00000242. The van der Waals surface area contributed by atoms with Gasteiger partial charge in [-0.1, -0.05) is 20.8 Å². The minimum absolute atomic E-state index is 0.